The zero-order chi connectivity index (χ0) is 17.1. The van der Waals surface area contributed by atoms with E-state index in [1.807, 2.05) is 0 Å². The van der Waals surface area contributed by atoms with Crippen molar-refractivity contribution < 1.29 is 19.2 Å². The SMILES string of the molecule is Cc1onc(-c2c(Cl)cccc2Cl)c1C(=O)NC(C)CC(=O)O. The van der Waals surface area contributed by atoms with E-state index in [-0.39, 0.29) is 23.4 Å². The van der Waals surface area contributed by atoms with E-state index in [0.717, 1.165) is 0 Å². The van der Waals surface area contributed by atoms with Crippen LogP contribution in [0.1, 0.15) is 29.5 Å². The number of carbonyl (C=O) groups excluding carboxylic acids is 1. The van der Waals surface area contributed by atoms with Gasteiger partial charge in [-0.15, -0.1) is 0 Å². The Balaban J connectivity index is 2.39. The van der Waals surface area contributed by atoms with E-state index in [4.69, 9.17) is 32.8 Å². The summed E-state index contributed by atoms with van der Waals surface area (Å²) in [6.07, 6.45) is -0.196. The third kappa shape index (κ3) is 3.83. The molecule has 0 aliphatic heterocycles. The maximum absolute atomic E-state index is 12.4. The highest BCUT2D eigenvalue weighted by molar-refractivity contribution is 6.39. The molecular weight excluding hydrogens is 343 g/mol. The summed E-state index contributed by atoms with van der Waals surface area (Å²) in [7, 11) is 0. The number of aliphatic carboxylic acids is 1. The molecule has 2 aromatic rings. The summed E-state index contributed by atoms with van der Waals surface area (Å²) in [5.41, 5.74) is 0.791. The molecule has 0 aliphatic carbocycles. The van der Waals surface area contributed by atoms with Gasteiger partial charge in [0.15, 0.2) is 0 Å². The van der Waals surface area contributed by atoms with Gasteiger partial charge in [-0.2, -0.15) is 0 Å². The third-order valence-corrected chi connectivity index (χ3v) is 3.78. The molecule has 6 nitrogen and oxygen atoms in total. The summed E-state index contributed by atoms with van der Waals surface area (Å²) < 4.78 is 5.10. The number of carboxylic acid groups (broad SMARTS) is 1. The minimum atomic E-state index is -1.01. The van der Waals surface area contributed by atoms with E-state index in [1.165, 1.54) is 0 Å². The maximum atomic E-state index is 12.4. The molecule has 1 unspecified atom stereocenters. The number of rotatable bonds is 5. The van der Waals surface area contributed by atoms with Gasteiger partial charge in [-0.1, -0.05) is 34.4 Å². The number of hydrogen-bond acceptors (Lipinski definition) is 4. The minimum absolute atomic E-state index is 0.178. The number of halogens is 2. The van der Waals surface area contributed by atoms with Crippen LogP contribution in [0.2, 0.25) is 10.0 Å². The molecule has 2 rings (SSSR count). The first-order chi connectivity index (χ1) is 10.8. The van der Waals surface area contributed by atoms with Crippen molar-refractivity contribution in [2.45, 2.75) is 26.3 Å². The molecule has 0 radical (unpaired) electrons. The molecule has 1 aromatic carbocycles. The van der Waals surface area contributed by atoms with Crippen molar-refractivity contribution in [1.29, 1.82) is 0 Å². The average Bonchev–Trinajstić information content (AvgIpc) is 2.79. The summed E-state index contributed by atoms with van der Waals surface area (Å²) >= 11 is 12.3. The first kappa shape index (κ1) is 17.3. The van der Waals surface area contributed by atoms with E-state index in [9.17, 15) is 9.59 Å². The van der Waals surface area contributed by atoms with Crippen molar-refractivity contribution in [3.63, 3.8) is 0 Å². The van der Waals surface area contributed by atoms with E-state index in [0.29, 0.717) is 15.6 Å². The average molecular weight is 357 g/mol. The van der Waals surface area contributed by atoms with Crippen molar-refractivity contribution >= 4 is 35.1 Å². The Morgan fingerprint density at radius 1 is 1.35 bits per heavy atom. The van der Waals surface area contributed by atoms with Gasteiger partial charge in [0.2, 0.25) is 0 Å². The minimum Gasteiger partial charge on any atom is -0.481 e. The van der Waals surface area contributed by atoms with E-state index < -0.39 is 17.9 Å². The second-order valence-corrected chi connectivity index (χ2v) is 5.85. The van der Waals surface area contributed by atoms with Crippen molar-refractivity contribution in [3.05, 3.63) is 39.6 Å². The molecule has 1 aromatic heterocycles. The van der Waals surface area contributed by atoms with Crippen LogP contribution in [0.5, 0.6) is 0 Å². The molecule has 0 aliphatic rings. The number of nitrogens with zero attached hydrogens (tertiary/aromatic N) is 1. The molecule has 23 heavy (non-hydrogen) atoms. The molecule has 1 amide bonds. The van der Waals surface area contributed by atoms with Crippen LogP contribution in [-0.2, 0) is 4.79 Å². The smallest absolute Gasteiger partial charge is 0.305 e. The molecular formula is C15H14Cl2N2O4. The first-order valence-electron chi connectivity index (χ1n) is 6.74. The zero-order valence-electron chi connectivity index (χ0n) is 12.4. The fraction of sp³-hybridized carbons (Fsp3) is 0.267. The summed E-state index contributed by atoms with van der Waals surface area (Å²) in [5.74, 6) is -1.21. The topological polar surface area (TPSA) is 92.4 Å². The number of aromatic nitrogens is 1. The summed E-state index contributed by atoms with van der Waals surface area (Å²) in [6.45, 7) is 3.18. The zero-order valence-corrected chi connectivity index (χ0v) is 13.9. The van der Waals surface area contributed by atoms with Gasteiger partial charge in [0.25, 0.3) is 5.91 Å². The molecule has 1 heterocycles. The number of amides is 1. The Kier molecular flexibility index (Phi) is 5.28. The van der Waals surface area contributed by atoms with Crippen LogP contribution in [0.4, 0.5) is 0 Å². The lowest BCUT2D eigenvalue weighted by atomic mass is 10.0. The largest absolute Gasteiger partial charge is 0.481 e. The number of benzene rings is 1. The standard InChI is InChI=1S/C15H14Cl2N2O4/c1-7(6-11(20)21)18-15(22)12-8(2)23-19-14(12)13-9(16)4-3-5-10(13)17/h3-5,7H,6H2,1-2H3,(H,18,22)(H,20,21). The number of carboxylic acids is 1. The first-order valence-corrected chi connectivity index (χ1v) is 7.50. The molecule has 0 fully saturated rings. The second-order valence-electron chi connectivity index (χ2n) is 5.03. The summed E-state index contributed by atoms with van der Waals surface area (Å²) in [6, 6.07) is 4.38. The molecule has 1 atom stereocenters. The monoisotopic (exact) mass is 356 g/mol. The van der Waals surface area contributed by atoms with Crippen molar-refractivity contribution in [1.82, 2.24) is 10.5 Å². The third-order valence-electron chi connectivity index (χ3n) is 3.15. The lowest BCUT2D eigenvalue weighted by Gasteiger charge is -2.12. The molecule has 0 spiro atoms. The fourth-order valence-corrected chi connectivity index (χ4v) is 2.72. The van der Waals surface area contributed by atoms with Crippen molar-refractivity contribution in [2.75, 3.05) is 0 Å². The Morgan fingerprint density at radius 3 is 2.52 bits per heavy atom. The summed E-state index contributed by atoms with van der Waals surface area (Å²) in [5, 5.41) is 15.9. The lowest BCUT2D eigenvalue weighted by molar-refractivity contribution is -0.137. The maximum Gasteiger partial charge on any atom is 0.305 e. The number of carbonyl (C=O) groups is 2. The Bertz CT molecular complexity index is 738. The van der Waals surface area contributed by atoms with Crippen LogP contribution in [0.15, 0.2) is 22.7 Å². The number of hydrogen-bond donors (Lipinski definition) is 2. The van der Waals surface area contributed by atoms with Crippen LogP contribution < -0.4 is 5.32 Å². The van der Waals surface area contributed by atoms with Gasteiger partial charge in [0.05, 0.1) is 16.5 Å². The quantitative estimate of drug-likeness (QED) is 0.854. The number of aryl methyl sites for hydroxylation is 1. The van der Waals surface area contributed by atoms with Crippen molar-refractivity contribution in [2.24, 2.45) is 0 Å². The van der Waals surface area contributed by atoms with Gasteiger partial charge >= 0.3 is 5.97 Å². The molecule has 0 saturated heterocycles. The van der Waals surface area contributed by atoms with Gasteiger partial charge in [0.1, 0.15) is 17.0 Å². The molecule has 122 valence electrons. The molecule has 8 heteroatoms. The molecule has 0 saturated carbocycles. The van der Waals surface area contributed by atoms with Crippen LogP contribution in [0, 0.1) is 6.92 Å². The normalized spacial score (nSPS) is 12.0. The molecule has 2 N–H and O–H groups in total. The lowest BCUT2D eigenvalue weighted by Crippen LogP contribution is -2.34. The second kappa shape index (κ2) is 7.02. The van der Waals surface area contributed by atoms with Crippen molar-refractivity contribution in [3.8, 4) is 11.3 Å². The van der Waals surface area contributed by atoms with E-state index >= 15 is 0 Å². The van der Waals surface area contributed by atoms with Crippen LogP contribution in [-0.4, -0.2) is 28.2 Å². The van der Waals surface area contributed by atoms with Gasteiger partial charge < -0.3 is 14.9 Å². The van der Waals surface area contributed by atoms with Crippen LogP contribution >= 0.6 is 23.2 Å². The predicted octanol–water partition coefficient (Wildman–Crippen LogP) is 3.55. The Labute approximate surface area is 142 Å². The van der Waals surface area contributed by atoms with Gasteiger partial charge in [0, 0.05) is 11.6 Å². The molecule has 0 bridgehead atoms. The van der Waals surface area contributed by atoms with E-state index in [2.05, 4.69) is 10.5 Å². The fourth-order valence-electron chi connectivity index (χ4n) is 2.14. The highest BCUT2D eigenvalue weighted by atomic mass is 35.5. The summed E-state index contributed by atoms with van der Waals surface area (Å²) in [4.78, 5) is 23.2. The van der Waals surface area contributed by atoms with Crippen LogP contribution in [0.3, 0.4) is 0 Å². The van der Waals surface area contributed by atoms with Gasteiger partial charge in [-0.3, -0.25) is 9.59 Å². The Morgan fingerprint density at radius 2 is 1.96 bits per heavy atom. The van der Waals surface area contributed by atoms with E-state index in [1.54, 1.807) is 32.0 Å². The number of nitrogens with one attached hydrogen (secondary N) is 1. The predicted molar refractivity (Wildman–Crippen MR) is 85.9 cm³/mol. The van der Waals surface area contributed by atoms with Crippen LogP contribution in [0.25, 0.3) is 11.3 Å². The Hall–Kier alpha value is -2.05. The highest BCUT2D eigenvalue weighted by Crippen LogP contribution is 2.36. The van der Waals surface area contributed by atoms with Gasteiger partial charge in [-0.25, -0.2) is 0 Å². The van der Waals surface area contributed by atoms with Gasteiger partial charge in [-0.05, 0) is 26.0 Å². The highest BCUT2D eigenvalue weighted by Gasteiger charge is 2.25.